The van der Waals surface area contributed by atoms with E-state index >= 15 is 0 Å². The first-order valence-electron chi connectivity index (χ1n) is 7.59. The van der Waals surface area contributed by atoms with Crippen LogP contribution in [0.25, 0.3) is 0 Å². The summed E-state index contributed by atoms with van der Waals surface area (Å²) in [5.74, 6) is -0.642. The number of carbonyl (C=O) groups is 1. The maximum Gasteiger partial charge on any atom is 0.408 e. The Hall–Kier alpha value is -2.50. The second kappa shape index (κ2) is 7.86. The first-order valence-corrected chi connectivity index (χ1v) is 7.59. The van der Waals surface area contributed by atoms with Crippen molar-refractivity contribution in [1.82, 2.24) is 5.32 Å². The monoisotopic (exact) mass is 336 g/mol. The van der Waals surface area contributed by atoms with Crippen LogP contribution in [-0.4, -0.2) is 18.1 Å². The molecule has 0 saturated heterocycles. The molecule has 6 heteroatoms. The third-order valence-electron chi connectivity index (χ3n) is 3.69. The normalized spacial score (nSPS) is 12.6. The molecule has 0 fully saturated rings. The fourth-order valence-electron chi connectivity index (χ4n) is 2.37. The zero-order chi connectivity index (χ0) is 17.6. The van der Waals surface area contributed by atoms with Gasteiger partial charge in [-0.3, -0.25) is 4.79 Å². The fourth-order valence-corrected chi connectivity index (χ4v) is 2.37. The molecule has 0 aliphatic carbocycles. The zero-order valence-corrected chi connectivity index (χ0v) is 13.0. The van der Waals surface area contributed by atoms with Crippen LogP contribution in [0.5, 0.6) is 0 Å². The zero-order valence-electron chi connectivity index (χ0n) is 13.0. The number of alkyl halides is 3. The van der Waals surface area contributed by atoms with Crippen molar-refractivity contribution >= 4 is 11.6 Å². The van der Waals surface area contributed by atoms with Crippen molar-refractivity contribution in [2.45, 2.75) is 31.5 Å². The van der Waals surface area contributed by atoms with Gasteiger partial charge in [-0.15, -0.1) is 0 Å². The highest BCUT2D eigenvalue weighted by Crippen LogP contribution is 2.23. The van der Waals surface area contributed by atoms with Crippen LogP contribution in [0.1, 0.15) is 17.5 Å². The van der Waals surface area contributed by atoms with Gasteiger partial charge < -0.3 is 11.1 Å². The maximum absolute atomic E-state index is 13.2. The molecule has 2 aromatic carbocycles. The van der Waals surface area contributed by atoms with Crippen molar-refractivity contribution in [1.29, 1.82) is 0 Å². The molecule has 24 heavy (non-hydrogen) atoms. The van der Waals surface area contributed by atoms with Crippen LogP contribution >= 0.6 is 0 Å². The van der Waals surface area contributed by atoms with Gasteiger partial charge in [0.05, 0.1) is 0 Å². The lowest BCUT2D eigenvalue weighted by Gasteiger charge is -2.22. The summed E-state index contributed by atoms with van der Waals surface area (Å²) in [5, 5.41) is 2.09. The second-order valence-corrected chi connectivity index (χ2v) is 5.55. The maximum atomic E-state index is 13.2. The van der Waals surface area contributed by atoms with Gasteiger partial charge >= 0.3 is 6.18 Å². The Balaban J connectivity index is 1.96. The molecule has 0 saturated carbocycles. The number of amides is 1. The number of hydrogen-bond donors (Lipinski definition) is 2. The van der Waals surface area contributed by atoms with Gasteiger partial charge in [0.1, 0.15) is 6.04 Å². The Morgan fingerprint density at radius 1 is 1.04 bits per heavy atom. The minimum absolute atomic E-state index is 0.0460. The number of nitrogen functional groups attached to an aromatic ring is 1. The van der Waals surface area contributed by atoms with E-state index in [-0.39, 0.29) is 12.8 Å². The highest BCUT2D eigenvalue weighted by Gasteiger charge is 2.40. The second-order valence-electron chi connectivity index (χ2n) is 5.55. The van der Waals surface area contributed by atoms with Gasteiger partial charge in [-0.05, 0) is 23.6 Å². The summed E-state index contributed by atoms with van der Waals surface area (Å²) < 4.78 is 39.5. The standard InChI is InChI=1S/C18H19F3N2O/c19-18(20,21)16(12-13-6-2-1-3-7-13)23-17(24)11-10-14-8-4-5-9-15(14)22/h1-9,16H,10-12,22H2,(H,23,24). The molecule has 0 bridgehead atoms. The van der Waals surface area contributed by atoms with Crippen molar-refractivity contribution in [3.63, 3.8) is 0 Å². The van der Waals surface area contributed by atoms with E-state index in [0.29, 0.717) is 17.7 Å². The number of nitrogens with one attached hydrogen (secondary N) is 1. The number of halogens is 3. The highest BCUT2D eigenvalue weighted by molar-refractivity contribution is 5.77. The molecule has 0 radical (unpaired) electrons. The molecule has 0 heterocycles. The van der Waals surface area contributed by atoms with Gasteiger partial charge in [0.15, 0.2) is 0 Å². The van der Waals surface area contributed by atoms with Gasteiger partial charge in [0.25, 0.3) is 0 Å². The SMILES string of the molecule is Nc1ccccc1CCC(=O)NC(Cc1ccccc1)C(F)(F)F. The molecule has 1 atom stereocenters. The summed E-state index contributed by atoms with van der Waals surface area (Å²) >= 11 is 0. The van der Waals surface area contributed by atoms with Gasteiger partial charge in [-0.25, -0.2) is 0 Å². The molecular weight excluding hydrogens is 317 g/mol. The van der Waals surface area contributed by atoms with Gasteiger partial charge in [-0.1, -0.05) is 48.5 Å². The lowest BCUT2D eigenvalue weighted by Crippen LogP contribution is -2.46. The summed E-state index contributed by atoms with van der Waals surface area (Å²) in [5.41, 5.74) is 7.57. The molecule has 3 nitrogen and oxygen atoms in total. The largest absolute Gasteiger partial charge is 0.408 e. The van der Waals surface area contributed by atoms with Crippen molar-refractivity contribution in [2.75, 3.05) is 5.73 Å². The fraction of sp³-hybridized carbons (Fsp3) is 0.278. The molecule has 0 aromatic heterocycles. The Morgan fingerprint density at radius 2 is 1.67 bits per heavy atom. The predicted molar refractivity (Wildman–Crippen MR) is 87.3 cm³/mol. The average molecular weight is 336 g/mol. The third-order valence-corrected chi connectivity index (χ3v) is 3.69. The summed E-state index contributed by atoms with van der Waals surface area (Å²) in [7, 11) is 0. The van der Waals surface area contributed by atoms with Crippen molar-refractivity contribution in [2.24, 2.45) is 0 Å². The highest BCUT2D eigenvalue weighted by atomic mass is 19.4. The van der Waals surface area contributed by atoms with Crippen LogP contribution < -0.4 is 11.1 Å². The van der Waals surface area contributed by atoms with E-state index in [4.69, 9.17) is 5.73 Å². The molecule has 1 unspecified atom stereocenters. The van der Waals surface area contributed by atoms with Crippen LogP contribution in [0.4, 0.5) is 18.9 Å². The van der Waals surface area contributed by atoms with Crippen molar-refractivity contribution in [3.8, 4) is 0 Å². The molecule has 2 rings (SSSR count). The van der Waals surface area contributed by atoms with Crippen LogP contribution in [0.3, 0.4) is 0 Å². The molecule has 3 N–H and O–H groups in total. The summed E-state index contributed by atoms with van der Waals surface area (Å²) in [6.07, 6.45) is -4.54. The average Bonchev–Trinajstić information content (AvgIpc) is 2.53. The smallest absolute Gasteiger partial charge is 0.399 e. The van der Waals surface area contributed by atoms with E-state index in [1.807, 2.05) is 0 Å². The molecule has 0 spiro atoms. The number of benzene rings is 2. The van der Waals surface area contributed by atoms with Crippen molar-refractivity contribution < 1.29 is 18.0 Å². The van der Waals surface area contributed by atoms with Crippen LogP contribution in [-0.2, 0) is 17.6 Å². The predicted octanol–water partition coefficient (Wildman–Crippen LogP) is 3.49. The Morgan fingerprint density at radius 3 is 2.29 bits per heavy atom. The topological polar surface area (TPSA) is 55.1 Å². The summed E-state index contributed by atoms with van der Waals surface area (Å²) in [4.78, 5) is 11.9. The Labute approximate surface area is 138 Å². The molecule has 2 aromatic rings. The number of aryl methyl sites for hydroxylation is 1. The quantitative estimate of drug-likeness (QED) is 0.794. The van der Waals surface area contributed by atoms with Crippen LogP contribution in [0, 0.1) is 0 Å². The van der Waals surface area contributed by atoms with E-state index in [1.165, 1.54) is 0 Å². The first-order chi connectivity index (χ1) is 11.4. The molecular formula is C18H19F3N2O. The minimum atomic E-state index is -4.50. The van der Waals surface area contributed by atoms with E-state index in [0.717, 1.165) is 5.56 Å². The molecule has 128 valence electrons. The molecule has 0 aliphatic heterocycles. The molecule has 1 amide bonds. The Bertz CT molecular complexity index is 671. The summed E-state index contributed by atoms with van der Waals surface area (Å²) in [6, 6.07) is 13.4. The van der Waals surface area contributed by atoms with Crippen molar-refractivity contribution in [3.05, 3.63) is 65.7 Å². The molecule has 0 aliphatic rings. The Kier molecular flexibility index (Phi) is 5.84. The third kappa shape index (κ3) is 5.30. The number of carbonyl (C=O) groups excluding carboxylic acids is 1. The van der Waals surface area contributed by atoms with E-state index in [2.05, 4.69) is 5.32 Å². The number of nitrogens with two attached hydrogens (primary N) is 1. The summed E-state index contributed by atoms with van der Waals surface area (Å²) in [6.45, 7) is 0. The number of anilines is 1. The van der Waals surface area contributed by atoms with E-state index < -0.39 is 18.1 Å². The van der Waals surface area contributed by atoms with Gasteiger partial charge in [0.2, 0.25) is 5.91 Å². The van der Waals surface area contributed by atoms with E-state index in [9.17, 15) is 18.0 Å². The van der Waals surface area contributed by atoms with E-state index in [1.54, 1.807) is 54.6 Å². The first kappa shape index (κ1) is 17.8. The lowest BCUT2D eigenvalue weighted by molar-refractivity contribution is -0.161. The van der Waals surface area contributed by atoms with Crippen LogP contribution in [0.15, 0.2) is 54.6 Å². The minimum Gasteiger partial charge on any atom is -0.399 e. The number of hydrogen-bond acceptors (Lipinski definition) is 2. The number of para-hydroxylation sites is 1. The number of rotatable bonds is 6. The van der Waals surface area contributed by atoms with Crippen LogP contribution in [0.2, 0.25) is 0 Å². The lowest BCUT2D eigenvalue weighted by atomic mass is 10.0. The van der Waals surface area contributed by atoms with Gasteiger partial charge in [0, 0.05) is 18.5 Å². The van der Waals surface area contributed by atoms with Gasteiger partial charge in [-0.2, -0.15) is 13.2 Å².